The molecular formula is C11H23N3O. The summed E-state index contributed by atoms with van der Waals surface area (Å²) in [5, 5.41) is 5.48. The monoisotopic (exact) mass is 213 g/mol. The van der Waals surface area contributed by atoms with Gasteiger partial charge in [0.15, 0.2) is 0 Å². The predicted octanol–water partition coefficient (Wildman–Crippen LogP) is 1.41. The van der Waals surface area contributed by atoms with E-state index >= 15 is 0 Å². The normalized spacial score (nSPS) is 12.1. The Labute approximate surface area is 92.7 Å². The maximum Gasteiger partial charge on any atom is 0.318 e. The van der Waals surface area contributed by atoms with Crippen molar-refractivity contribution in [1.82, 2.24) is 15.5 Å². The maximum atomic E-state index is 11.3. The van der Waals surface area contributed by atoms with E-state index in [1.165, 1.54) is 0 Å². The number of allylic oxidation sites excluding steroid dienone is 1. The van der Waals surface area contributed by atoms with Crippen molar-refractivity contribution >= 4 is 6.03 Å². The van der Waals surface area contributed by atoms with Gasteiger partial charge in [0.2, 0.25) is 0 Å². The highest BCUT2D eigenvalue weighted by Crippen LogP contribution is 2.05. The SMILES string of the molecule is C/C(=C\NC(=O)NCCN(C)C)C(C)C. The van der Waals surface area contributed by atoms with E-state index in [-0.39, 0.29) is 6.03 Å². The highest BCUT2D eigenvalue weighted by atomic mass is 16.2. The molecule has 4 heteroatoms. The van der Waals surface area contributed by atoms with Gasteiger partial charge in [-0.1, -0.05) is 19.4 Å². The van der Waals surface area contributed by atoms with E-state index in [0.717, 1.165) is 12.1 Å². The van der Waals surface area contributed by atoms with Gasteiger partial charge >= 0.3 is 6.03 Å². The molecule has 0 unspecified atom stereocenters. The Bertz CT molecular complexity index is 222. The summed E-state index contributed by atoms with van der Waals surface area (Å²) in [6, 6.07) is -0.142. The van der Waals surface area contributed by atoms with E-state index in [2.05, 4.69) is 24.5 Å². The Morgan fingerprint density at radius 1 is 1.40 bits per heavy atom. The maximum absolute atomic E-state index is 11.3. The molecule has 0 aliphatic carbocycles. The average Bonchev–Trinajstić information content (AvgIpc) is 2.13. The lowest BCUT2D eigenvalue weighted by molar-refractivity contribution is 0.242. The molecule has 4 nitrogen and oxygen atoms in total. The first-order valence-corrected chi connectivity index (χ1v) is 5.29. The van der Waals surface area contributed by atoms with Gasteiger partial charge in [0.1, 0.15) is 0 Å². The molecule has 0 aromatic rings. The van der Waals surface area contributed by atoms with Crippen molar-refractivity contribution in [3.8, 4) is 0 Å². The minimum Gasteiger partial charge on any atom is -0.337 e. The van der Waals surface area contributed by atoms with Gasteiger partial charge in [-0.05, 0) is 26.9 Å². The number of nitrogens with zero attached hydrogens (tertiary/aromatic N) is 1. The van der Waals surface area contributed by atoms with E-state index in [1.807, 2.05) is 25.9 Å². The number of carbonyl (C=O) groups is 1. The van der Waals surface area contributed by atoms with Crippen molar-refractivity contribution in [3.63, 3.8) is 0 Å². The number of carbonyl (C=O) groups excluding carboxylic acids is 1. The smallest absolute Gasteiger partial charge is 0.318 e. The molecule has 0 aromatic heterocycles. The Hall–Kier alpha value is -1.03. The molecule has 15 heavy (non-hydrogen) atoms. The number of likely N-dealkylation sites (N-methyl/N-ethyl adjacent to an activating group) is 1. The second kappa shape index (κ2) is 7.29. The molecule has 0 aliphatic rings. The minimum atomic E-state index is -0.142. The van der Waals surface area contributed by atoms with Gasteiger partial charge in [-0.25, -0.2) is 4.79 Å². The van der Waals surface area contributed by atoms with Crippen LogP contribution in [0.5, 0.6) is 0 Å². The van der Waals surface area contributed by atoms with Gasteiger partial charge in [-0.3, -0.25) is 0 Å². The van der Waals surface area contributed by atoms with Crippen molar-refractivity contribution in [2.75, 3.05) is 27.2 Å². The zero-order valence-electron chi connectivity index (χ0n) is 10.4. The van der Waals surface area contributed by atoms with Crippen LogP contribution in [0.25, 0.3) is 0 Å². The van der Waals surface area contributed by atoms with Crippen molar-refractivity contribution < 1.29 is 4.79 Å². The Morgan fingerprint density at radius 2 is 2.00 bits per heavy atom. The van der Waals surface area contributed by atoms with Crippen molar-refractivity contribution in [1.29, 1.82) is 0 Å². The molecule has 0 bridgehead atoms. The summed E-state index contributed by atoms with van der Waals surface area (Å²) in [5.41, 5.74) is 1.16. The second-order valence-electron chi connectivity index (χ2n) is 4.25. The third-order valence-electron chi connectivity index (χ3n) is 2.19. The van der Waals surface area contributed by atoms with Gasteiger partial charge in [-0.2, -0.15) is 0 Å². The van der Waals surface area contributed by atoms with E-state index in [1.54, 1.807) is 6.20 Å². The van der Waals surface area contributed by atoms with Crippen LogP contribution in [0.2, 0.25) is 0 Å². The van der Waals surface area contributed by atoms with Crippen LogP contribution in [0.15, 0.2) is 11.8 Å². The second-order valence-corrected chi connectivity index (χ2v) is 4.25. The van der Waals surface area contributed by atoms with E-state index in [4.69, 9.17) is 0 Å². The molecular weight excluding hydrogens is 190 g/mol. The summed E-state index contributed by atoms with van der Waals surface area (Å²) >= 11 is 0. The van der Waals surface area contributed by atoms with Crippen LogP contribution >= 0.6 is 0 Å². The first kappa shape index (κ1) is 14.0. The van der Waals surface area contributed by atoms with Crippen LogP contribution < -0.4 is 10.6 Å². The zero-order chi connectivity index (χ0) is 11.8. The first-order valence-electron chi connectivity index (χ1n) is 5.29. The molecule has 0 heterocycles. The lowest BCUT2D eigenvalue weighted by Crippen LogP contribution is -2.36. The number of urea groups is 1. The molecule has 88 valence electrons. The largest absolute Gasteiger partial charge is 0.337 e. The molecule has 0 fully saturated rings. The highest BCUT2D eigenvalue weighted by molar-refractivity contribution is 5.74. The molecule has 0 spiro atoms. The quantitative estimate of drug-likeness (QED) is 0.725. The van der Waals surface area contributed by atoms with Gasteiger partial charge in [0.05, 0.1) is 0 Å². The summed E-state index contributed by atoms with van der Waals surface area (Å²) in [4.78, 5) is 13.3. The van der Waals surface area contributed by atoms with Crippen molar-refractivity contribution in [2.45, 2.75) is 20.8 Å². The molecule has 0 radical (unpaired) electrons. The van der Waals surface area contributed by atoms with Crippen LogP contribution in [-0.2, 0) is 0 Å². The Kier molecular flexibility index (Phi) is 6.79. The number of hydrogen-bond acceptors (Lipinski definition) is 2. The fourth-order valence-corrected chi connectivity index (χ4v) is 0.790. The predicted molar refractivity (Wildman–Crippen MR) is 63.7 cm³/mol. The molecule has 0 atom stereocenters. The fourth-order valence-electron chi connectivity index (χ4n) is 0.790. The molecule has 0 aromatic carbocycles. The van der Waals surface area contributed by atoms with Gasteiger partial charge < -0.3 is 15.5 Å². The lowest BCUT2D eigenvalue weighted by atomic mass is 10.1. The number of rotatable bonds is 5. The van der Waals surface area contributed by atoms with Crippen molar-refractivity contribution in [3.05, 3.63) is 11.8 Å². The van der Waals surface area contributed by atoms with Gasteiger partial charge in [0, 0.05) is 19.3 Å². The summed E-state index contributed by atoms with van der Waals surface area (Å²) in [6.45, 7) is 7.70. The van der Waals surface area contributed by atoms with Crippen LogP contribution in [0, 0.1) is 5.92 Å². The van der Waals surface area contributed by atoms with Gasteiger partial charge in [0.25, 0.3) is 0 Å². The molecule has 0 aliphatic heterocycles. The summed E-state index contributed by atoms with van der Waals surface area (Å²) < 4.78 is 0. The first-order chi connectivity index (χ1) is 6.93. The number of hydrogen-bond donors (Lipinski definition) is 2. The number of nitrogens with one attached hydrogen (secondary N) is 2. The van der Waals surface area contributed by atoms with Crippen LogP contribution in [-0.4, -0.2) is 38.1 Å². The molecule has 0 saturated heterocycles. The molecule has 0 rings (SSSR count). The standard InChI is InChI=1S/C11H23N3O/c1-9(2)10(3)8-13-11(15)12-6-7-14(4)5/h8-9H,6-7H2,1-5H3,(H2,12,13,15)/b10-8+. The van der Waals surface area contributed by atoms with Crippen LogP contribution in [0.1, 0.15) is 20.8 Å². The van der Waals surface area contributed by atoms with Crippen molar-refractivity contribution in [2.24, 2.45) is 5.92 Å². The molecule has 2 amide bonds. The van der Waals surface area contributed by atoms with Crippen LogP contribution in [0.4, 0.5) is 4.79 Å². The summed E-state index contributed by atoms with van der Waals surface area (Å²) in [7, 11) is 3.95. The highest BCUT2D eigenvalue weighted by Gasteiger charge is 1.99. The van der Waals surface area contributed by atoms with E-state index in [9.17, 15) is 4.79 Å². The van der Waals surface area contributed by atoms with E-state index in [0.29, 0.717) is 12.5 Å². The molecule has 0 saturated carbocycles. The average molecular weight is 213 g/mol. The van der Waals surface area contributed by atoms with E-state index < -0.39 is 0 Å². The topological polar surface area (TPSA) is 44.4 Å². The summed E-state index contributed by atoms with van der Waals surface area (Å²) in [6.07, 6.45) is 1.76. The third-order valence-corrected chi connectivity index (χ3v) is 2.19. The van der Waals surface area contributed by atoms with Gasteiger partial charge in [-0.15, -0.1) is 0 Å². The Balaban J connectivity index is 3.71. The molecule has 2 N–H and O–H groups in total. The minimum absolute atomic E-state index is 0.142. The Morgan fingerprint density at radius 3 is 2.47 bits per heavy atom. The number of amides is 2. The van der Waals surface area contributed by atoms with Crippen LogP contribution in [0.3, 0.4) is 0 Å². The fraction of sp³-hybridized carbons (Fsp3) is 0.727. The summed E-state index contributed by atoms with van der Waals surface area (Å²) in [5.74, 6) is 0.465. The zero-order valence-corrected chi connectivity index (χ0v) is 10.4. The third kappa shape index (κ3) is 8.00. The lowest BCUT2D eigenvalue weighted by Gasteiger charge is -2.10.